The van der Waals surface area contributed by atoms with Gasteiger partial charge in [-0.2, -0.15) is 0 Å². The summed E-state index contributed by atoms with van der Waals surface area (Å²) in [5, 5.41) is 3.00. The molecular formula is C19H25N3O3. The molecule has 2 saturated heterocycles. The molecule has 2 aromatic heterocycles. The summed E-state index contributed by atoms with van der Waals surface area (Å²) >= 11 is 0. The number of carbonyl (C=O) groups excluding carboxylic acids is 1. The van der Waals surface area contributed by atoms with Crippen LogP contribution < -0.4 is 5.32 Å². The van der Waals surface area contributed by atoms with Gasteiger partial charge in [0.1, 0.15) is 17.2 Å². The second-order valence-electron chi connectivity index (χ2n) is 7.21. The summed E-state index contributed by atoms with van der Waals surface area (Å²) in [6.07, 6.45) is 3.27. The van der Waals surface area contributed by atoms with E-state index in [4.69, 9.17) is 9.15 Å². The molecule has 4 rings (SSSR count). The zero-order valence-electron chi connectivity index (χ0n) is 14.8. The number of furan rings is 1. The van der Waals surface area contributed by atoms with Gasteiger partial charge in [-0.3, -0.25) is 9.69 Å². The minimum atomic E-state index is -0.0389. The van der Waals surface area contributed by atoms with Crippen molar-refractivity contribution in [3.8, 4) is 0 Å². The van der Waals surface area contributed by atoms with Gasteiger partial charge in [0.25, 0.3) is 5.91 Å². The Kier molecular flexibility index (Phi) is 4.39. The van der Waals surface area contributed by atoms with Crippen LogP contribution in [-0.2, 0) is 18.3 Å². The number of amides is 1. The van der Waals surface area contributed by atoms with Gasteiger partial charge in [-0.15, -0.1) is 0 Å². The third kappa shape index (κ3) is 3.50. The third-order valence-corrected chi connectivity index (χ3v) is 5.23. The van der Waals surface area contributed by atoms with Crippen LogP contribution in [0.15, 0.2) is 34.9 Å². The number of hydrogen-bond acceptors (Lipinski definition) is 4. The van der Waals surface area contributed by atoms with Gasteiger partial charge in [0.05, 0.1) is 18.8 Å². The smallest absolute Gasteiger partial charge is 0.267 e. The first kappa shape index (κ1) is 16.4. The van der Waals surface area contributed by atoms with Crippen molar-refractivity contribution in [2.45, 2.75) is 32.1 Å². The minimum Gasteiger partial charge on any atom is -0.465 e. The Morgan fingerprint density at radius 1 is 1.32 bits per heavy atom. The quantitative estimate of drug-likeness (QED) is 0.901. The van der Waals surface area contributed by atoms with Gasteiger partial charge >= 0.3 is 0 Å². The summed E-state index contributed by atoms with van der Waals surface area (Å²) in [4.78, 5) is 14.6. The summed E-state index contributed by atoms with van der Waals surface area (Å²) in [5.74, 6) is 2.49. The van der Waals surface area contributed by atoms with Crippen LogP contribution in [0.4, 0.5) is 0 Å². The molecule has 6 heteroatoms. The molecule has 6 nitrogen and oxygen atoms in total. The molecule has 2 fully saturated rings. The molecule has 1 N–H and O–H groups in total. The lowest BCUT2D eigenvalue weighted by Crippen LogP contribution is -2.34. The Labute approximate surface area is 147 Å². The van der Waals surface area contributed by atoms with Crippen LogP contribution in [0.25, 0.3) is 0 Å². The molecule has 0 spiro atoms. The summed E-state index contributed by atoms with van der Waals surface area (Å²) in [6.45, 7) is 5.37. The molecule has 0 unspecified atom stereocenters. The Balaban J connectivity index is 1.24. The first-order chi connectivity index (χ1) is 12.1. The molecule has 0 bridgehead atoms. The van der Waals surface area contributed by atoms with Crippen molar-refractivity contribution in [3.63, 3.8) is 0 Å². The number of aryl methyl sites for hydroxylation is 2. The number of nitrogens with one attached hydrogen (secondary N) is 1. The zero-order chi connectivity index (χ0) is 17.4. The SMILES string of the molecule is Cc1ccc(CN2C[C@@H]3C[C@H](CNC(=O)c4cccn4C)O[C@H]3C2)o1. The fourth-order valence-electron chi connectivity index (χ4n) is 3.99. The van der Waals surface area contributed by atoms with Crippen LogP contribution in [0.1, 0.15) is 28.4 Å². The van der Waals surface area contributed by atoms with Gasteiger partial charge in [0.2, 0.25) is 0 Å². The molecular weight excluding hydrogens is 318 g/mol. The molecule has 134 valence electrons. The molecule has 0 saturated carbocycles. The maximum atomic E-state index is 12.2. The highest BCUT2D eigenvalue weighted by Crippen LogP contribution is 2.33. The topological polar surface area (TPSA) is 59.6 Å². The van der Waals surface area contributed by atoms with E-state index >= 15 is 0 Å². The van der Waals surface area contributed by atoms with E-state index in [-0.39, 0.29) is 18.1 Å². The Hall–Kier alpha value is -2.05. The number of carbonyl (C=O) groups is 1. The molecule has 2 aliphatic heterocycles. The van der Waals surface area contributed by atoms with Crippen molar-refractivity contribution < 1.29 is 13.9 Å². The number of ether oxygens (including phenoxy) is 1. The van der Waals surface area contributed by atoms with Crippen LogP contribution in [0, 0.1) is 12.8 Å². The summed E-state index contributed by atoms with van der Waals surface area (Å²) in [6, 6.07) is 7.76. The summed E-state index contributed by atoms with van der Waals surface area (Å²) in [7, 11) is 1.88. The highest BCUT2D eigenvalue weighted by Gasteiger charge is 2.42. The molecule has 0 radical (unpaired) electrons. The van der Waals surface area contributed by atoms with E-state index in [0.717, 1.165) is 37.6 Å². The van der Waals surface area contributed by atoms with E-state index in [1.807, 2.05) is 49.0 Å². The standard InChI is InChI=1S/C19H25N3O3/c1-13-5-6-15(24-13)11-22-10-14-8-16(25-18(14)12-22)9-20-19(23)17-4-3-7-21(17)2/h3-7,14,16,18H,8-12H2,1-2H3,(H,20,23)/t14-,16+,18-/m0/s1. The van der Waals surface area contributed by atoms with Crippen molar-refractivity contribution in [2.75, 3.05) is 19.6 Å². The molecule has 2 aliphatic rings. The Morgan fingerprint density at radius 3 is 2.88 bits per heavy atom. The predicted octanol–water partition coefficient (Wildman–Crippen LogP) is 1.95. The van der Waals surface area contributed by atoms with Crippen LogP contribution in [0.2, 0.25) is 0 Å². The van der Waals surface area contributed by atoms with Gasteiger partial charge in [-0.05, 0) is 37.6 Å². The second-order valence-corrected chi connectivity index (χ2v) is 7.21. The normalized spacial score (nSPS) is 26.1. The number of nitrogens with zero attached hydrogens (tertiary/aromatic N) is 2. The number of fused-ring (bicyclic) bond motifs is 1. The lowest BCUT2D eigenvalue weighted by atomic mass is 10.0. The Bertz CT molecular complexity index is 737. The van der Waals surface area contributed by atoms with Crippen LogP contribution in [0.3, 0.4) is 0 Å². The predicted molar refractivity (Wildman–Crippen MR) is 93.2 cm³/mol. The number of aromatic nitrogens is 1. The van der Waals surface area contributed by atoms with Crippen molar-refractivity contribution in [1.82, 2.24) is 14.8 Å². The van der Waals surface area contributed by atoms with E-state index < -0.39 is 0 Å². The lowest BCUT2D eigenvalue weighted by molar-refractivity contribution is 0.0366. The van der Waals surface area contributed by atoms with Crippen molar-refractivity contribution in [1.29, 1.82) is 0 Å². The average Bonchev–Trinajstić information content (AvgIpc) is 3.30. The monoisotopic (exact) mass is 343 g/mol. The number of hydrogen-bond donors (Lipinski definition) is 1. The maximum absolute atomic E-state index is 12.2. The van der Waals surface area contributed by atoms with E-state index in [0.29, 0.717) is 18.2 Å². The Morgan fingerprint density at radius 2 is 2.20 bits per heavy atom. The number of rotatable bonds is 5. The molecule has 0 aliphatic carbocycles. The summed E-state index contributed by atoms with van der Waals surface area (Å²) in [5.41, 5.74) is 0.679. The second kappa shape index (κ2) is 6.69. The molecule has 1 amide bonds. The first-order valence-electron chi connectivity index (χ1n) is 8.91. The van der Waals surface area contributed by atoms with Crippen molar-refractivity contribution in [3.05, 3.63) is 47.7 Å². The zero-order valence-corrected chi connectivity index (χ0v) is 14.8. The average molecular weight is 343 g/mol. The molecule has 2 aromatic rings. The first-order valence-corrected chi connectivity index (χ1v) is 8.91. The third-order valence-electron chi connectivity index (χ3n) is 5.23. The molecule has 3 atom stereocenters. The van der Waals surface area contributed by atoms with E-state index in [2.05, 4.69) is 10.2 Å². The van der Waals surface area contributed by atoms with E-state index in [9.17, 15) is 4.79 Å². The van der Waals surface area contributed by atoms with Crippen LogP contribution in [0.5, 0.6) is 0 Å². The largest absolute Gasteiger partial charge is 0.465 e. The highest BCUT2D eigenvalue weighted by molar-refractivity contribution is 5.92. The molecule has 4 heterocycles. The van der Waals surface area contributed by atoms with Crippen LogP contribution in [-0.4, -0.2) is 47.2 Å². The summed E-state index contributed by atoms with van der Waals surface area (Å²) < 4.78 is 13.7. The van der Waals surface area contributed by atoms with Gasteiger partial charge in [0, 0.05) is 38.8 Å². The van der Waals surface area contributed by atoms with Crippen molar-refractivity contribution >= 4 is 5.91 Å². The maximum Gasteiger partial charge on any atom is 0.267 e. The van der Waals surface area contributed by atoms with Gasteiger partial charge in [-0.1, -0.05) is 0 Å². The van der Waals surface area contributed by atoms with Crippen LogP contribution >= 0.6 is 0 Å². The van der Waals surface area contributed by atoms with Crippen molar-refractivity contribution in [2.24, 2.45) is 13.0 Å². The molecule has 0 aromatic carbocycles. The van der Waals surface area contributed by atoms with Gasteiger partial charge < -0.3 is 19.0 Å². The van der Waals surface area contributed by atoms with E-state index in [1.165, 1.54) is 0 Å². The van der Waals surface area contributed by atoms with Gasteiger partial charge in [0.15, 0.2) is 0 Å². The van der Waals surface area contributed by atoms with Gasteiger partial charge in [-0.25, -0.2) is 0 Å². The minimum absolute atomic E-state index is 0.0389. The number of likely N-dealkylation sites (tertiary alicyclic amines) is 1. The molecule has 25 heavy (non-hydrogen) atoms. The lowest BCUT2D eigenvalue weighted by Gasteiger charge is -2.18. The van der Waals surface area contributed by atoms with E-state index in [1.54, 1.807) is 0 Å². The fourth-order valence-corrected chi connectivity index (χ4v) is 3.99. The fraction of sp³-hybridized carbons (Fsp3) is 0.526. The highest BCUT2D eigenvalue weighted by atomic mass is 16.5.